The minimum Gasteiger partial charge on any atom is -0.481 e. The van der Waals surface area contributed by atoms with Gasteiger partial charge < -0.3 is 5.11 Å². The van der Waals surface area contributed by atoms with Crippen molar-refractivity contribution in [3.8, 4) is 0 Å². The third kappa shape index (κ3) is 4.08. The Bertz CT molecular complexity index is 507. The van der Waals surface area contributed by atoms with Crippen molar-refractivity contribution < 1.29 is 18.3 Å². The molecule has 0 bridgehead atoms. The number of carbonyl (C=O) groups is 1. The average molecular weight is 291 g/mol. The maximum Gasteiger partial charge on any atom is 0.304 e. The lowest BCUT2D eigenvalue weighted by Gasteiger charge is -2.13. The van der Waals surface area contributed by atoms with Gasteiger partial charge in [0, 0.05) is 10.9 Å². The highest BCUT2D eigenvalue weighted by Gasteiger charge is 2.22. The van der Waals surface area contributed by atoms with Crippen molar-refractivity contribution in [3.05, 3.63) is 17.0 Å². The van der Waals surface area contributed by atoms with Gasteiger partial charge in [-0.25, -0.2) is 13.1 Å². The van der Waals surface area contributed by atoms with E-state index in [1.807, 2.05) is 6.92 Å². The molecule has 0 amide bonds. The molecule has 1 heterocycles. The number of hydrogen-bond donors (Lipinski definition) is 2. The quantitative estimate of drug-likeness (QED) is 0.803. The first-order chi connectivity index (χ1) is 8.39. The highest BCUT2D eigenvalue weighted by molar-refractivity contribution is 7.91. The first kappa shape index (κ1) is 15.1. The Morgan fingerprint density at radius 2 is 2.11 bits per heavy atom. The predicted octanol–water partition coefficient (Wildman–Crippen LogP) is 1.84. The van der Waals surface area contributed by atoms with Crippen molar-refractivity contribution in [1.29, 1.82) is 0 Å². The van der Waals surface area contributed by atoms with E-state index in [1.165, 1.54) is 11.3 Å². The molecule has 0 spiro atoms. The zero-order valence-electron chi connectivity index (χ0n) is 10.3. The maximum atomic E-state index is 12.0. The smallest absolute Gasteiger partial charge is 0.304 e. The summed E-state index contributed by atoms with van der Waals surface area (Å²) in [6.45, 7) is 3.71. The Labute approximate surface area is 111 Å². The van der Waals surface area contributed by atoms with E-state index in [2.05, 4.69) is 4.72 Å². The fraction of sp³-hybridized carbons (Fsp3) is 0.545. The second-order valence-corrected chi connectivity index (χ2v) is 7.01. The van der Waals surface area contributed by atoms with Gasteiger partial charge in [0.1, 0.15) is 4.21 Å². The van der Waals surface area contributed by atoms with E-state index in [1.54, 1.807) is 19.1 Å². The van der Waals surface area contributed by atoms with E-state index >= 15 is 0 Å². The van der Waals surface area contributed by atoms with Crippen molar-refractivity contribution >= 4 is 27.3 Å². The second kappa shape index (κ2) is 6.31. The summed E-state index contributed by atoms with van der Waals surface area (Å²) in [6.07, 6.45) is 1.02. The first-order valence-electron chi connectivity index (χ1n) is 5.71. The molecule has 102 valence electrons. The molecule has 0 saturated heterocycles. The summed E-state index contributed by atoms with van der Waals surface area (Å²) < 4.78 is 26.7. The van der Waals surface area contributed by atoms with E-state index in [4.69, 9.17) is 5.11 Å². The fourth-order valence-electron chi connectivity index (χ4n) is 1.45. The van der Waals surface area contributed by atoms with Crippen LogP contribution in [0.4, 0.5) is 0 Å². The lowest BCUT2D eigenvalue weighted by atomic mass is 10.2. The lowest BCUT2D eigenvalue weighted by molar-refractivity contribution is -0.137. The molecule has 1 rings (SSSR count). The molecule has 5 nitrogen and oxygen atoms in total. The lowest BCUT2D eigenvalue weighted by Crippen LogP contribution is -2.35. The number of sulfonamides is 1. The van der Waals surface area contributed by atoms with Crippen LogP contribution >= 0.6 is 11.3 Å². The van der Waals surface area contributed by atoms with Gasteiger partial charge in [0.05, 0.1) is 6.42 Å². The van der Waals surface area contributed by atoms with Crippen molar-refractivity contribution in [3.63, 3.8) is 0 Å². The van der Waals surface area contributed by atoms with Crippen LogP contribution in [0.25, 0.3) is 0 Å². The third-order valence-corrected chi connectivity index (χ3v) is 5.73. The zero-order valence-corrected chi connectivity index (χ0v) is 12.0. The number of aryl methyl sites for hydroxylation is 1. The van der Waals surface area contributed by atoms with E-state index in [0.717, 1.165) is 11.3 Å². The summed E-state index contributed by atoms with van der Waals surface area (Å²) in [6, 6.07) is 2.76. The van der Waals surface area contributed by atoms with Crippen LogP contribution in [-0.4, -0.2) is 25.5 Å². The van der Waals surface area contributed by atoms with Gasteiger partial charge in [-0.15, -0.1) is 11.3 Å². The van der Waals surface area contributed by atoms with Crippen molar-refractivity contribution in [1.82, 2.24) is 4.72 Å². The van der Waals surface area contributed by atoms with Crippen molar-refractivity contribution in [2.24, 2.45) is 0 Å². The molecule has 1 aromatic rings. The Kier molecular flexibility index (Phi) is 5.30. The molecule has 0 aliphatic carbocycles. The van der Waals surface area contributed by atoms with Crippen LogP contribution < -0.4 is 4.72 Å². The number of carboxylic acid groups (broad SMARTS) is 1. The minimum atomic E-state index is -3.60. The van der Waals surface area contributed by atoms with E-state index in [-0.39, 0.29) is 10.6 Å². The van der Waals surface area contributed by atoms with Crippen LogP contribution in [0, 0.1) is 0 Å². The highest BCUT2D eigenvalue weighted by atomic mass is 32.2. The van der Waals surface area contributed by atoms with Crippen molar-refractivity contribution in [2.75, 3.05) is 0 Å². The molecule has 0 aromatic carbocycles. The molecule has 0 saturated carbocycles. The third-order valence-electron chi connectivity index (χ3n) is 2.49. The van der Waals surface area contributed by atoms with Gasteiger partial charge >= 0.3 is 5.97 Å². The van der Waals surface area contributed by atoms with Crippen LogP contribution in [-0.2, 0) is 21.2 Å². The summed E-state index contributed by atoms with van der Waals surface area (Å²) in [5, 5.41) is 8.69. The molecule has 18 heavy (non-hydrogen) atoms. The van der Waals surface area contributed by atoms with Crippen LogP contribution in [0.15, 0.2) is 16.3 Å². The Morgan fingerprint density at radius 3 is 2.56 bits per heavy atom. The summed E-state index contributed by atoms with van der Waals surface area (Å²) in [5.41, 5.74) is 0. The van der Waals surface area contributed by atoms with Crippen molar-refractivity contribution in [2.45, 2.75) is 43.4 Å². The van der Waals surface area contributed by atoms with E-state index in [9.17, 15) is 13.2 Å². The number of aliphatic carboxylic acids is 1. The molecular weight excluding hydrogens is 274 g/mol. The molecule has 1 aromatic heterocycles. The largest absolute Gasteiger partial charge is 0.481 e. The molecule has 0 radical (unpaired) electrons. The van der Waals surface area contributed by atoms with Crippen LogP contribution in [0.3, 0.4) is 0 Å². The van der Waals surface area contributed by atoms with Gasteiger partial charge in [-0.05, 0) is 25.0 Å². The number of carboxylic acids is 1. The van der Waals surface area contributed by atoms with Gasteiger partial charge in [0.15, 0.2) is 0 Å². The second-order valence-electron chi connectivity index (χ2n) is 3.90. The number of thiophene rings is 1. The maximum absolute atomic E-state index is 12.0. The van der Waals surface area contributed by atoms with Gasteiger partial charge in [-0.1, -0.05) is 13.8 Å². The fourth-order valence-corrected chi connectivity index (χ4v) is 4.08. The standard InChI is InChI=1S/C11H17NO4S2/c1-3-8(7-10(13)14)12-18(15,16)11-6-5-9(4-2)17-11/h5-6,8,12H,3-4,7H2,1-2H3,(H,13,14). The van der Waals surface area contributed by atoms with E-state index < -0.39 is 22.0 Å². The molecule has 0 aliphatic rings. The first-order valence-corrected chi connectivity index (χ1v) is 8.01. The summed E-state index contributed by atoms with van der Waals surface area (Å²) in [7, 11) is -3.60. The number of hydrogen-bond acceptors (Lipinski definition) is 4. The normalized spacial score (nSPS) is 13.4. The number of rotatable bonds is 7. The van der Waals surface area contributed by atoms with Gasteiger partial charge in [0.25, 0.3) is 0 Å². The molecule has 0 fully saturated rings. The SMILES string of the molecule is CCc1ccc(S(=O)(=O)NC(CC)CC(=O)O)s1. The average Bonchev–Trinajstić information content (AvgIpc) is 2.76. The number of nitrogens with one attached hydrogen (secondary N) is 1. The molecule has 7 heteroatoms. The van der Waals surface area contributed by atoms with E-state index in [0.29, 0.717) is 6.42 Å². The van der Waals surface area contributed by atoms with Crippen LogP contribution in [0.1, 0.15) is 31.6 Å². The van der Waals surface area contributed by atoms with Gasteiger partial charge in [-0.3, -0.25) is 4.79 Å². The van der Waals surface area contributed by atoms with Crippen LogP contribution in [0.5, 0.6) is 0 Å². The minimum absolute atomic E-state index is 0.207. The van der Waals surface area contributed by atoms with Gasteiger partial charge in [-0.2, -0.15) is 0 Å². The molecule has 2 N–H and O–H groups in total. The Hall–Kier alpha value is -0.920. The summed E-state index contributed by atoms with van der Waals surface area (Å²) in [4.78, 5) is 11.6. The Balaban J connectivity index is 2.83. The summed E-state index contributed by atoms with van der Waals surface area (Å²) in [5.74, 6) is -1.01. The Morgan fingerprint density at radius 1 is 1.44 bits per heavy atom. The highest BCUT2D eigenvalue weighted by Crippen LogP contribution is 2.22. The molecular formula is C11H17NO4S2. The summed E-state index contributed by atoms with van der Waals surface area (Å²) >= 11 is 1.21. The monoisotopic (exact) mass is 291 g/mol. The molecule has 1 atom stereocenters. The topological polar surface area (TPSA) is 83.5 Å². The molecule has 0 aliphatic heterocycles. The molecule has 1 unspecified atom stereocenters. The van der Waals surface area contributed by atoms with Gasteiger partial charge in [0.2, 0.25) is 10.0 Å². The van der Waals surface area contributed by atoms with Crippen LogP contribution in [0.2, 0.25) is 0 Å². The predicted molar refractivity (Wildman–Crippen MR) is 70.4 cm³/mol. The zero-order chi connectivity index (χ0) is 13.8.